The zero-order valence-electron chi connectivity index (χ0n) is 11.0. The number of fused-ring (bicyclic) bond motifs is 1. The molecule has 2 rings (SSSR count). The predicted molar refractivity (Wildman–Crippen MR) is 78.2 cm³/mol. The minimum atomic E-state index is 0.347. The molecular formula is C16H16N2O. The maximum Gasteiger partial charge on any atom is 0.212 e. The lowest BCUT2D eigenvalue weighted by Crippen LogP contribution is -2.24. The fourth-order valence-corrected chi connectivity index (χ4v) is 1.88. The molecule has 1 heterocycles. The Labute approximate surface area is 112 Å². The summed E-state index contributed by atoms with van der Waals surface area (Å²) in [6.45, 7) is 7.58. The predicted octanol–water partition coefficient (Wildman–Crippen LogP) is 2.12. The van der Waals surface area contributed by atoms with E-state index >= 15 is 0 Å². The number of allylic oxidation sites excluding steroid dienone is 2. The summed E-state index contributed by atoms with van der Waals surface area (Å²) in [7, 11) is 1.73. The Morgan fingerprint density at radius 3 is 2.89 bits per heavy atom. The molecule has 0 radical (unpaired) electrons. The van der Waals surface area contributed by atoms with Crippen LogP contribution in [0.25, 0.3) is 6.08 Å². The number of nitrogens with zero attached hydrogens (tertiary/aromatic N) is 2. The lowest BCUT2D eigenvalue weighted by atomic mass is 10.1. The van der Waals surface area contributed by atoms with Crippen LogP contribution < -0.4 is 10.6 Å². The van der Waals surface area contributed by atoms with Crippen LogP contribution in [0.15, 0.2) is 70.7 Å². The van der Waals surface area contributed by atoms with E-state index in [1.165, 1.54) is 0 Å². The summed E-state index contributed by atoms with van der Waals surface area (Å²) in [6.07, 6.45) is 6.23. The number of hydrogen-bond donors (Lipinski definition) is 0. The molecule has 0 unspecified atom stereocenters. The fourth-order valence-electron chi connectivity index (χ4n) is 1.88. The van der Waals surface area contributed by atoms with Gasteiger partial charge in [0.05, 0.1) is 5.36 Å². The maximum absolute atomic E-state index is 5.63. The fraction of sp³-hybridized carbons (Fsp3) is 0.125. The molecule has 0 amide bonds. The van der Waals surface area contributed by atoms with E-state index < -0.39 is 0 Å². The van der Waals surface area contributed by atoms with Crippen LogP contribution in [-0.4, -0.2) is 13.3 Å². The van der Waals surface area contributed by atoms with Crippen molar-refractivity contribution in [1.29, 1.82) is 0 Å². The molecule has 96 valence electrons. The summed E-state index contributed by atoms with van der Waals surface area (Å²) < 4.78 is 5.63. The number of hydrogen-bond acceptors (Lipinski definition) is 3. The van der Waals surface area contributed by atoms with E-state index in [1.807, 2.05) is 24.3 Å². The van der Waals surface area contributed by atoms with Crippen LogP contribution in [0.5, 0.6) is 0 Å². The van der Waals surface area contributed by atoms with Gasteiger partial charge in [-0.1, -0.05) is 30.9 Å². The Morgan fingerprint density at radius 2 is 2.16 bits per heavy atom. The molecular weight excluding hydrogens is 236 g/mol. The number of para-hydroxylation sites is 1. The SMILES string of the molecule is C=C/C1=C(\C=N/C)C/C=c2/cccc/c2=N/C(=C)O1. The molecule has 1 aromatic carbocycles. The van der Waals surface area contributed by atoms with Gasteiger partial charge < -0.3 is 4.74 Å². The second-order valence-electron chi connectivity index (χ2n) is 4.06. The van der Waals surface area contributed by atoms with Gasteiger partial charge in [0.25, 0.3) is 0 Å². The van der Waals surface area contributed by atoms with E-state index in [1.54, 1.807) is 19.3 Å². The first-order valence-electron chi connectivity index (χ1n) is 6.03. The van der Waals surface area contributed by atoms with Gasteiger partial charge in [-0.2, -0.15) is 0 Å². The average Bonchev–Trinajstić information content (AvgIpc) is 2.48. The van der Waals surface area contributed by atoms with Crippen LogP contribution in [-0.2, 0) is 4.74 Å². The van der Waals surface area contributed by atoms with Gasteiger partial charge in [0, 0.05) is 18.8 Å². The third kappa shape index (κ3) is 3.07. The van der Waals surface area contributed by atoms with Crippen molar-refractivity contribution in [2.45, 2.75) is 6.42 Å². The Hall–Kier alpha value is -2.42. The van der Waals surface area contributed by atoms with Crippen LogP contribution in [0.2, 0.25) is 0 Å². The first-order chi connectivity index (χ1) is 9.24. The van der Waals surface area contributed by atoms with Gasteiger partial charge in [-0.25, -0.2) is 4.99 Å². The Kier molecular flexibility index (Phi) is 4.08. The third-order valence-corrected chi connectivity index (χ3v) is 2.74. The van der Waals surface area contributed by atoms with Gasteiger partial charge in [0.15, 0.2) is 0 Å². The zero-order valence-corrected chi connectivity index (χ0v) is 11.0. The Bertz CT molecular complexity index is 681. The lowest BCUT2D eigenvalue weighted by molar-refractivity contribution is 0.314. The molecule has 0 N–H and O–H groups in total. The molecule has 0 atom stereocenters. The monoisotopic (exact) mass is 252 g/mol. The molecule has 1 aliphatic rings. The molecule has 0 saturated carbocycles. The molecule has 1 aliphatic heterocycles. The smallest absolute Gasteiger partial charge is 0.212 e. The summed E-state index contributed by atoms with van der Waals surface area (Å²) in [5, 5.41) is 1.91. The molecule has 3 heteroatoms. The van der Waals surface area contributed by atoms with Crippen LogP contribution in [0.4, 0.5) is 0 Å². The molecule has 1 aromatic rings. The average molecular weight is 252 g/mol. The number of rotatable bonds is 2. The molecule has 0 saturated heterocycles. The van der Waals surface area contributed by atoms with Crippen LogP contribution in [0.3, 0.4) is 0 Å². The summed E-state index contributed by atoms with van der Waals surface area (Å²) in [6, 6.07) is 7.88. The zero-order chi connectivity index (χ0) is 13.7. The summed E-state index contributed by atoms with van der Waals surface area (Å²) in [5.74, 6) is 0.989. The first-order valence-corrected chi connectivity index (χ1v) is 6.03. The first kappa shape index (κ1) is 13.0. The molecule has 3 nitrogen and oxygen atoms in total. The molecule has 19 heavy (non-hydrogen) atoms. The Morgan fingerprint density at radius 1 is 1.37 bits per heavy atom. The van der Waals surface area contributed by atoms with Crippen molar-refractivity contribution in [2.75, 3.05) is 7.05 Å². The molecule has 0 aromatic heterocycles. The second kappa shape index (κ2) is 5.96. The van der Waals surface area contributed by atoms with Crippen LogP contribution in [0, 0.1) is 0 Å². The van der Waals surface area contributed by atoms with Gasteiger partial charge >= 0.3 is 0 Å². The van der Waals surface area contributed by atoms with Gasteiger partial charge in [0.1, 0.15) is 5.76 Å². The van der Waals surface area contributed by atoms with Crippen molar-refractivity contribution in [3.8, 4) is 0 Å². The van der Waals surface area contributed by atoms with Crippen molar-refractivity contribution < 1.29 is 4.74 Å². The minimum Gasteiger partial charge on any atom is -0.439 e. The Balaban J connectivity index is 2.62. The van der Waals surface area contributed by atoms with Gasteiger partial charge in [-0.05, 0) is 30.4 Å². The third-order valence-electron chi connectivity index (χ3n) is 2.74. The van der Waals surface area contributed by atoms with E-state index in [0.717, 1.165) is 16.1 Å². The minimum absolute atomic E-state index is 0.347. The summed E-state index contributed by atoms with van der Waals surface area (Å²) in [4.78, 5) is 8.43. The second-order valence-corrected chi connectivity index (χ2v) is 4.06. The van der Waals surface area contributed by atoms with E-state index in [-0.39, 0.29) is 0 Å². The van der Waals surface area contributed by atoms with E-state index in [0.29, 0.717) is 18.1 Å². The van der Waals surface area contributed by atoms with E-state index in [2.05, 4.69) is 29.2 Å². The largest absolute Gasteiger partial charge is 0.439 e. The molecule has 0 fully saturated rings. The van der Waals surface area contributed by atoms with Crippen LogP contribution in [0.1, 0.15) is 6.42 Å². The van der Waals surface area contributed by atoms with Crippen molar-refractivity contribution in [3.63, 3.8) is 0 Å². The summed E-state index contributed by atoms with van der Waals surface area (Å²) >= 11 is 0. The van der Waals surface area contributed by atoms with Crippen LogP contribution >= 0.6 is 0 Å². The summed E-state index contributed by atoms with van der Waals surface area (Å²) in [5.41, 5.74) is 0.950. The van der Waals surface area contributed by atoms with Crippen molar-refractivity contribution in [3.05, 3.63) is 71.3 Å². The van der Waals surface area contributed by atoms with Crippen molar-refractivity contribution in [2.24, 2.45) is 9.98 Å². The maximum atomic E-state index is 5.63. The van der Waals surface area contributed by atoms with E-state index in [9.17, 15) is 0 Å². The van der Waals surface area contributed by atoms with Gasteiger partial charge in [-0.3, -0.25) is 4.99 Å². The normalized spacial score (nSPS) is 22.9. The lowest BCUT2D eigenvalue weighted by Gasteiger charge is -2.07. The molecule has 0 spiro atoms. The number of ether oxygens (including phenoxy) is 1. The highest BCUT2D eigenvalue weighted by Gasteiger charge is 2.06. The van der Waals surface area contributed by atoms with Gasteiger partial charge in [-0.15, -0.1) is 0 Å². The molecule has 0 bridgehead atoms. The number of benzene rings is 1. The highest BCUT2D eigenvalue weighted by atomic mass is 16.5. The van der Waals surface area contributed by atoms with Crippen molar-refractivity contribution >= 4 is 12.3 Å². The quantitative estimate of drug-likeness (QED) is 0.742. The molecule has 0 aliphatic carbocycles. The van der Waals surface area contributed by atoms with E-state index in [4.69, 9.17) is 4.74 Å². The highest BCUT2D eigenvalue weighted by molar-refractivity contribution is 5.81. The topological polar surface area (TPSA) is 34.0 Å². The van der Waals surface area contributed by atoms with Gasteiger partial charge in [0.2, 0.25) is 5.88 Å². The highest BCUT2D eigenvalue weighted by Crippen LogP contribution is 2.15. The van der Waals surface area contributed by atoms with Crippen molar-refractivity contribution in [1.82, 2.24) is 0 Å². The standard InChI is InChI=1S/C16H16N2O/c1-4-16-14(11-17-3)10-9-13-7-5-6-8-15(13)18-12(2)19-16/h4-9,11H,1-2,10H2,3H3/b13-9-,16-14+,17-11-,18-15-. The number of aliphatic imine (C=N–C) groups is 1.